The first kappa shape index (κ1) is 20.6. The Bertz CT molecular complexity index is 1080. The first-order chi connectivity index (χ1) is 15.6. The normalized spacial score (nSPS) is 17.7. The number of hydrogen-bond donors (Lipinski definition) is 2. The van der Waals surface area contributed by atoms with Crippen LogP contribution in [0.3, 0.4) is 0 Å². The zero-order valence-corrected chi connectivity index (χ0v) is 17.7. The molecule has 0 bridgehead atoms. The van der Waals surface area contributed by atoms with Crippen LogP contribution >= 0.6 is 0 Å². The number of aromatic amines is 1. The highest BCUT2D eigenvalue weighted by atomic mass is 19.1. The summed E-state index contributed by atoms with van der Waals surface area (Å²) in [6.07, 6.45) is 3.51. The average Bonchev–Trinajstić information content (AvgIpc) is 3.50. The van der Waals surface area contributed by atoms with Gasteiger partial charge in [0.15, 0.2) is 5.76 Å². The van der Waals surface area contributed by atoms with Gasteiger partial charge in [-0.15, -0.1) is 0 Å². The van der Waals surface area contributed by atoms with E-state index in [1.165, 1.54) is 0 Å². The average molecular weight is 439 g/mol. The maximum atomic E-state index is 13.9. The number of hydrogen-bond acceptors (Lipinski definition) is 6. The van der Waals surface area contributed by atoms with E-state index in [1.54, 1.807) is 12.4 Å². The number of aromatic nitrogens is 2. The number of nitrogens with zero attached hydrogens (tertiary/aromatic N) is 3. The van der Waals surface area contributed by atoms with Gasteiger partial charge in [0, 0.05) is 54.9 Å². The molecule has 8 nitrogen and oxygen atoms in total. The summed E-state index contributed by atoms with van der Waals surface area (Å²) in [6.45, 7) is 4.22. The van der Waals surface area contributed by atoms with Gasteiger partial charge in [-0.1, -0.05) is 6.07 Å². The lowest BCUT2D eigenvalue weighted by atomic mass is 9.99. The van der Waals surface area contributed by atoms with Gasteiger partial charge in [-0.25, -0.2) is 4.39 Å². The smallest absolute Gasteiger partial charge is 0.285 e. The number of rotatable bonds is 5. The second-order valence-electron chi connectivity index (χ2n) is 8.17. The number of furan rings is 1. The van der Waals surface area contributed by atoms with Crippen molar-refractivity contribution in [2.24, 2.45) is 5.73 Å². The molecule has 0 spiro atoms. The molecule has 3 aromatic rings. The number of primary amides is 1. The zero-order valence-electron chi connectivity index (χ0n) is 17.7. The van der Waals surface area contributed by atoms with E-state index in [2.05, 4.69) is 26.1 Å². The van der Waals surface area contributed by atoms with Crippen LogP contribution in [0.2, 0.25) is 0 Å². The summed E-state index contributed by atoms with van der Waals surface area (Å²) in [7, 11) is 0. The summed E-state index contributed by atoms with van der Waals surface area (Å²) < 4.78 is 25.2. The molecule has 4 heterocycles. The third-order valence-corrected chi connectivity index (χ3v) is 6.15. The van der Waals surface area contributed by atoms with Gasteiger partial charge < -0.3 is 24.7 Å². The predicted molar refractivity (Wildman–Crippen MR) is 120 cm³/mol. The molecule has 2 aromatic heterocycles. The molecule has 168 valence electrons. The molecule has 1 amide bonds. The first-order valence-electron chi connectivity index (χ1n) is 10.9. The SMILES string of the molecule is NC(=O)c1oc(-c2cn[nH]c2)cc1-c1ccc(N2CCOCC2)cc1N1CCC(F)CC1. The summed E-state index contributed by atoms with van der Waals surface area (Å²) in [5.41, 5.74) is 9.88. The summed E-state index contributed by atoms with van der Waals surface area (Å²) >= 11 is 0. The zero-order chi connectivity index (χ0) is 22.1. The van der Waals surface area contributed by atoms with Gasteiger partial charge in [0.1, 0.15) is 11.9 Å². The molecule has 0 unspecified atom stereocenters. The van der Waals surface area contributed by atoms with E-state index < -0.39 is 12.1 Å². The van der Waals surface area contributed by atoms with Gasteiger partial charge in [0.2, 0.25) is 0 Å². The number of morpholine rings is 1. The minimum Gasteiger partial charge on any atom is -0.450 e. The van der Waals surface area contributed by atoms with E-state index in [4.69, 9.17) is 14.9 Å². The Morgan fingerprint density at radius 1 is 1.09 bits per heavy atom. The van der Waals surface area contributed by atoms with Gasteiger partial charge >= 0.3 is 0 Å². The molecule has 3 N–H and O–H groups in total. The minimum atomic E-state index is -0.778. The van der Waals surface area contributed by atoms with Crippen molar-refractivity contribution in [3.63, 3.8) is 0 Å². The fourth-order valence-electron chi connectivity index (χ4n) is 4.42. The van der Waals surface area contributed by atoms with Gasteiger partial charge in [0.05, 0.1) is 25.0 Å². The Hall–Kier alpha value is -3.33. The number of anilines is 2. The maximum Gasteiger partial charge on any atom is 0.285 e. The third kappa shape index (κ3) is 3.95. The van der Waals surface area contributed by atoms with Crippen LogP contribution in [0.4, 0.5) is 15.8 Å². The highest BCUT2D eigenvalue weighted by Gasteiger charge is 2.26. The number of piperidine rings is 1. The number of halogens is 1. The molecule has 5 rings (SSSR count). The number of amides is 1. The van der Waals surface area contributed by atoms with Crippen LogP contribution in [-0.2, 0) is 4.74 Å². The Balaban J connectivity index is 1.60. The molecular weight excluding hydrogens is 413 g/mol. The second kappa shape index (κ2) is 8.66. The molecule has 0 atom stereocenters. The van der Waals surface area contributed by atoms with Gasteiger partial charge in [0.25, 0.3) is 5.91 Å². The van der Waals surface area contributed by atoms with Gasteiger partial charge in [-0.2, -0.15) is 5.10 Å². The number of carbonyl (C=O) groups is 1. The fourth-order valence-corrected chi connectivity index (χ4v) is 4.42. The summed E-state index contributed by atoms with van der Waals surface area (Å²) in [5, 5.41) is 6.71. The lowest BCUT2D eigenvalue weighted by Gasteiger charge is -2.34. The lowest BCUT2D eigenvalue weighted by molar-refractivity contribution is 0.0975. The van der Waals surface area contributed by atoms with Crippen molar-refractivity contribution < 1.29 is 18.3 Å². The molecule has 2 fully saturated rings. The molecule has 2 saturated heterocycles. The number of benzene rings is 1. The quantitative estimate of drug-likeness (QED) is 0.633. The third-order valence-electron chi connectivity index (χ3n) is 6.15. The van der Waals surface area contributed by atoms with Crippen LogP contribution in [0.1, 0.15) is 23.4 Å². The van der Waals surface area contributed by atoms with Crippen molar-refractivity contribution in [1.82, 2.24) is 10.2 Å². The molecule has 1 aromatic carbocycles. The van der Waals surface area contributed by atoms with Crippen LogP contribution in [0.25, 0.3) is 22.5 Å². The van der Waals surface area contributed by atoms with E-state index in [1.807, 2.05) is 18.2 Å². The molecule has 0 radical (unpaired) electrons. The number of alkyl halides is 1. The Kier molecular flexibility index (Phi) is 5.57. The van der Waals surface area contributed by atoms with E-state index in [-0.39, 0.29) is 5.76 Å². The predicted octanol–water partition coefficient (Wildman–Crippen LogP) is 3.21. The standard InChI is InChI=1S/C23H26FN5O3/c24-16-3-5-29(6-4-16)20-11-17(28-7-9-31-10-8-28)1-2-18(20)19-12-21(15-13-26-27-14-15)32-22(19)23(25)30/h1-2,11-14,16H,3-10H2,(H2,25,30)(H,26,27). The molecule has 9 heteroatoms. The molecule has 2 aliphatic heterocycles. The van der Waals surface area contributed by atoms with Crippen LogP contribution in [0.15, 0.2) is 41.1 Å². The van der Waals surface area contributed by atoms with Crippen molar-refractivity contribution in [2.45, 2.75) is 19.0 Å². The second-order valence-corrected chi connectivity index (χ2v) is 8.17. The summed E-state index contributed by atoms with van der Waals surface area (Å²) in [4.78, 5) is 16.7. The van der Waals surface area contributed by atoms with E-state index in [9.17, 15) is 9.18 Å². The minimum absolute atomic E-state index is 0.0990. The Labute approximate surface area is 185 Å². The maximum absolute atomic E-state index is 13.9. The van der Waals surface area contributed by atoms with E-state index in [0.29, 0.717) is 50.5 Å². The van der Waals surface area contributed by atoms with E-state index in [0.717, 1.165) is 35.6 Å². The highest BCUT2D eigenvalue weighted by Crippen LogP contribution is 2.40. The van der Waals surface area contributed by atoms with Crippen LogP contribution < -0.4 is 15.5 Å². The van der Waals surface area contributed by atoms with Crippen molar-refractivity contribution in [3.8, 4) is 22.5 Å². The number of H-pyrrole nitrogens is 1. The van der Waals surface area contributed by atoms with E-state index >= 15 is 0 Å². The van der Waals surface area contributed by atoms with Crippen LogP contribution in [0.5, 0.6) is 0 Å². The van der Waals surface area contributed by atoms with Crippen LogP contribution in [-0.4, -0.2) is 61.7 Å². The number of nitrogens with one attached hydrogen (secondary N) is 1. The topological polar surface area (TPSA) is 101 Å². The van der Waals surface area contributed by atoms with Crippen molar-refractivity contribution in [2.75, 3.05) is 49.2 Å². The molecule has 0 aliphatic carbocycles. The highest BCUT2D eigenvalue weighted by molar-refractivity contribution is 6.00. The monoisotopic (exact) mass is 439 g/mol. The molecule has 2 aliphatic rings. The number of ether oxygens (including phenoxy) is 1. The van der Waals surface area contributed by atoms with Gasteiger partial charge in [-0.3, -0.25) is 9.89 Å². The lowest BCUT2D eigenvalue weighted by Crippen LogP contribution is -2.37. The Morgan fingerprint density at radius 2 is 1.88 bits per heavy atom. The first-order valence-corrected chi connectivity index (χ1v) is 10.9. The number of carbonyl (C=O) groups excluding carboxylic acids is 1. The summed E-state index contributed by atoms with van der Waals surface area (Å²) in [6, 6.07) is 7.98. The number of nitrogens with two attached hydrogens (primary N) is 1. The van der Waals surface area contributed by atoms with Crippen molar-refractivity contribution in [1.29, 1.82) is 0 Å². The summed E-state index contributed by atoms with van der Waals surface area (Å²) in [5.74, 6) is -0.0319. The molecular formula is C23H26FN5O3. The fraction of sp³-hybridized carbons (Fsp3) is 0.391. The van der Waals surface area contributed by atoms with Crippen LogP contribution in [0, 0.1) is 0 Å². The Morgan fingerprint density at radius 3 is 2.56 bits per heavy atom. The molecule has 0 saturated carbocycles. The van der Waals surface area contributed by atoms with Crippen molar-refractivity contribution >= 4 is 17.3 Å². The largest absolute Gasteiger partial charge is 0.450 e. The molecule has 32 heavy (non-hydrogen) atoms. The van der Waals surface area contributed by atoms with Gasteiger partial charge in [-0.05, 0) is 31.0 Å². The van der Waals surface area contributed by atoms with Crippen molar-refractivity contribution in [3.05, 3.63) is 42.4 Å².